The van der Waals surface area contributed by atoms with Crippen LogP contribution >= 0.6 is 0 Å². The van der Waals surface area contributed by atoms with Crippen LogP contribution in [0.3, 0.4) is 0 Å². The van der Waals surface area contributed by atoms with E-state index in [2.05, 4.69) is 23.6 Å². The number of nitrogens with zero attached hydrogens (tertiary/aromatic N) is 3. The van der Waals surface area contributed by atoms with Crippen LogP contribution in [0, 0.1) is 5.92 Å². The van der Waals surface area contributed by atoms with Crippen molar-refractivity contribution < 1.29 is 9.59 Å². The van der Waals surface area contributed by atoms with Crippen molar-refractivity contribution in [1.29, 1.82) is 0 Å². The summed E-state index contributed by atoms with van der Waals surface area (Å²) in [6.07, 6.45) is 1.82. The third-order valence-electron chi connectivity index (χ3n) is 4.61. The summed E-state index contributed by atoms with van der Waals surface area (Å²) in [6.45, 7) is 16.3. The van der Waals surface area contributed by atoms with Crippen LogP contribution in [0.15, 0.2) is 0 Å². The molecule has 5 nitrogen and oxygen atoms in total. The van der Waals surface area contributed by atoms with Crippen molar-refractivity contribution in [1.82, 2.24) is 14.7 Å². The van der Waals surface area contributed by atoms with Gasteiger partial charge in [-0.05, 0) is 33.1 Å². The van der Waals surface area contributed by atoms with E-state index in [1.54, 1.807) is 6.92 Å². The lowest BCUT2D eigenvalue weighted by molar-refractivity contribution is -0.137. The van der Waals surface area contributed by atoms with Gasteiger partial charge >= 0.3 is 0 Å². The number of likely N-dealkylation sites (tertiary alicyclic amines) is 1. The summed E-state index contributed by atoms with van der Waals surface area (Å²) in [4.78, 5) is 29.9. The molecule has 0 bridgehead atoms. The van der Waals surface area contributed by atoms with Gasteiger partial charge < -0.3 is 9.80 Å². The lowest BCUT2D eigenvalue weighted by Gasteiger charge is -2.39. The number of rotatable bonds is 5. The standard InChI is InChI=1S/C16H29N3O2.C2H6/c1-13(2)19-5-4-15(10-16(19)21)12-18-8-6-17(7-9-18)11-14(3)20;1-2/h13,15H,4-12H2,1-3H3;1-2H3. The molecule has 0 aliphatic carbocycles. The lowest BCUT2D eigenvalue weighted by Crippen LogP contribution is -2.50. The maximum atomic E-state index is 12.1. The summed E-state index contributed by atoms with van der Waals surface area (Å²) >= 11 is 0. The second-order valence-electron chi connectivity index (χ2n) is 6.82. The first-order chi connectivity index (χ1) is 11.0. The molecule has 1 unspecified atom stereocenters. The molecule has 2 saturated heterocycles. The van der Waals surface area contributed by atoms with Crippen LogP contribution in [0.5, 0.6) is 0 Å². The predicted molar refractivity (Wildman–Crippen MR) is 94.5 cm³/mol. The number of carbonyl (C=O) groups excluding carboxylic acids is 2. The van der Waals surface area contributed by atoms with E-state index in [0.29, 0.717) is 30.8 Å². The van der Waals surface area contributed by atoms with Gasteiger partial charge in [0.2, 0.25) is 5.91 Å². The van der Waals surface area contributed by atoms with Crippen molar-refractivity contribution in [2.24, 2.45) is 5.92 Å². The summed E-state index contributed by atoms with van der Waals surface area (Å²) < 4.78 is 0. The SMILES string of the molecule is CC.CC(=O)CN1CCN(CC2CCN(C(C)C)C(=O)C2)CC1. The molecule has 5 heteroatoms. The van der Waals surface area contributed by atoms with E-state index in [4.69, 9.17) is 0 Å². The Balaban J connectivity index is 0.00000127. The zero-order valence-corrected chi connectivity index (χ0v) is 15.7. The Kier molecular flexibility index (Phi) is 8.77. The van der Waals surface area contributed by atoms with Gasteiger partial charge in [0.15, 0.2) is 0 Å². The largest absolute Gasteiger partial charge is 0.340 e. The molecule has 2 fully saturated rings. The number of piperazine rings is 1. The fraction of sp³-hybridized carbons (Fsp3) is 0.889. The minimum Gasteiger partial charge on any atom is -0.340 e. The molecular formula is C18H35N3O2. The van der Waals surface area contributed by atoms with Crippen LogP contribution < -0.4 is 0 Å². The molecule has 2 aliphatic rings. The van der Waals surface area contributed by atoms with Gasteiger partial charge in [-0.15, -0.1) is 0 Å². The molecular weight excluding hydrogens is 290 g/mol. The van der Waals surface area contributed by atoms with Crippen molar-refractivity contribution in [3.8, 4) is 0 Å². The summed E-state index contributed by atoms with van der Waals surface area (Å²) in [6, 6.07) is 0.327. The molecule has 23 heavy (non-hydrogen) atoms. The van der Waals surface area contributed by atoms with Crippen LogP contribution in [0.4, 0.5) is 0 Å². The summed E-state index contributed by atoms with van der Waals surface area (Å²) in [5, 5.41) is 0. The van der Waals surface area contributed by atoms with Crippen molar-refractivity contribution in [2.45, 2.75) is 53.5 Å². The molecule has 0 saturated carbocycles. The van der Waals surface area contributed by atoms with Gasteiger partial charge in [0.25, 0.3) is 0 Å². The first kappa shape index (κ1) is 20.1. The highest BCUT2D eigenvalue weighted by atomic mass is 16.2. The minimum absolute atomic E-state index is 0.245. The molecule has 0 aromatic carbocycles. The smallest absolute Gasteiger partial charge is 0.223 e. The highest BCUT2D eigenvalue weighted by Crippen LogP contribution is 2.21. The average molecular weight is 325 g/mol. The quantitative estimate of drug-likeness (QED) is 0.774. The fourth-order valence-corrected chi connectivity index (χ4v) is 3.42. The predicted octanol–water partition coefficient (Wildman–Crippen LogP) is 1.87. The van der Waals surface area contributed by atoms with E-state index in [1.807, 2.05) is 18.7 Å². The van der Waals surface area contributed by atoms with E-state index in [-0.39, 0.29) is 5.78 Å². The number of hydrogen-bond acceptors (Lipinski definition) is 4. The number of ketones is 1. The normalized spacial score (nSPS) is 23.7. The number of amides is 1. The Bertz CT molecular complexity index is 376. The number of piperidine rings is 1. The Morgan fingerprint density at radius 1 is 1.09 bits per heavy atom. The van der Waals surface area contributed by atoms with Crippen molar-refractivity contribution in [3.05, 3.63) is 0 Å². The Morgan fingerprint density at radius 2 is 1.65 bits per heavy atom. The van der Waals surface area contributed by atoms with E-state index >= 15 is 0 Å². The highest BCUT2D eigenvalue weighted by molar-refractivity contribution is 5.78. The Morgan fingerprint density at radius 3 is 2.13 bits per heavy atom. The lowest BCUT2D eigenvalue weighted by atomic mass is 9.94. The van der Waals surface area contributed by atoms with E-state index in [1.165, 1.54) is 0 Å². The molecule has 0 radical (unpaired) electrons. The maximum Gasteiger partial charge on any atom is 0.223 e. The zero-order chi connectivity index (χ0) is 17.4. The van der Waals surface area contributed by atoms with Gasteiger partial charge in [-0.2, -0.15) is 0 Å². The van der Waals surface area contributed by atoms with E-state index < -0.39 is 0 Å². The highest BCUT2D eigenvalue weighted by Gasteiger charge is 2.29. The average Bonchev–Trinajstić information content (AvgIpc) is 2.50. The maximum absolute atomic E-state index is 12.1. The van der Waals surface area contributed by atoms with Gasteiger partial charge in [0.05, 0.1) is 6.54 Å². The first-order valence-electron chi connectivity index (χ1n) is 9.19. The molecule has 0 aromatic heterocycles. The molecule has 2 heterocycles. The van der Waals surface area contributed by atoms with Crippen molar-refractivity contribution in [2.75, 3.05) is 45.8 Å². The second kappa shape index (κ2) is 10.0. The van der Waals surface area contributed by atoms with Gasteiger partial charge in [0, 0.05) is 51.7 Å². The van der Waals surface area contributed by atoms with Gasteiger partial charge in [-0.3, -0.25) is 14.5 Å². The van der Waals surface area contributed by atoms with Crippen LogP contribution in [-0.2, 0) is 9.59 Å². The third kappa shape index (κ3) is 6.60. The Hall–Kier alpha value is -0.940. The van der Waals surface area contributed by atoms with Crippen molar-refractivity contribution in [3.63, 3.8) is 0 Å². The topological polar surface area (TPSA) is 43.9 Å². The van der Waals surface area contributed by atoms with E-state index in [9.17, 15) is 9.59 Å². The number of hydrogen-bond donors (Lipinski definition) is 0. The van der Waals surface area contributed by atoms with E-state index in [0.717, 1.165) is 45.7 Å². The Labute approximate surface area is 142 Å². The van der Waals surface area contributed by atoms with Gasteiger partial charge in [-0.25, -0.2) is 0 Å². The van der Waals surface area contributed by atoms with Gasteiger partial charge in [-0.1, -0.05) is 13.8 Å². The number of carbonyl (C=O) groups is 2. The molecule has 134 valence electrons. The molecule has 0 spiro atoms. The summed E-state index contributed by atoms with van der Waals surface area (Å²) in [5.41, 5.74) is 0. The molecule has 2 aliphatic heterocycles. The first-order valence-corrected chi connectivity index (χ1v) is 9.19. The summed E-state index contributed by atoms with van der Waals surface area (Å²) in [7, 11) is 0. The molecule has 2 rings (SSSR count). The molecule has 0 aromatic rings. The van der Waals surface area contributed by atoms with Crippen molar-refractivity contribution >= 4 is 11.7 Å². The van der Waals surface area contributed by atoms with Crippen LogP contribution in [0.25, 0.3) is 0 Å². The zero-order valence-electron chi connectivity index (χ0n) is 15.7. The molecule has 1 amide bonds. The van der Waals surface area contributed by atoms with Gasteiger partial charge in [0.1, 0.15) is 5.78 Å². The molecule has 0 N–H and O–H groups in total. The van der Waals surface area contributed by atoms with Crippen LogP contribution in [0.2, 0.25) is 0 Å². The van der Waals surface area contributed by atoms with Crippen LogP contribution in [-0.4, -0.2) is 78.2 Å². The minimum atomic E-state index is 0.245. The third-order valence-corrected chi connectivity index (χ3v) is 4.61. The monoisotopic (exact) mass is 325 g/mol. The summed E-state index contributed by atoms with van der Waals surface area (Å²) in [5.74, 6) is 1.07. The second-order valence-corrected chi connectivity index (χ2v) is 6.82. The molecule has 1 atom stereocenters. The van der Waals surface area contributed by atoms with Crippen LogP contribution in [0.1, 0.15) is 47.5 Å². The number of Topliss-reactive ketones (excluding diaryl/α,β-unsaturated/α-hetero) is 1. The fourth-order valence-electron chi connectivity index (χ4n) is 3.42.